The first-order valence-electron chi connectivity index (χ1n) is 14.6. The molecule has 0 N–H and O–H groups in total. The number of ether oxygens (including phenoxy) is 3. The Bertz CT molecular complexity index is 2040. The highest BCUT2D eigenvalue weighted by Crippen LogP contribution is 2.35. The molecule has 11 nitrogen and oxygen atoms in total. The minimum Gasteiger partial charge on any atom is -0.465 e. The number of esters is 1. The van der Waals surface area contributed by atoms with E-state index in [-0.39, 0.29) is 27.3 Å². The standard InChI is InChI=1S/C34H33ClFN5O6/c1-18-39-28-21(30(42)45-8)15-20(16-25(28)40(18)24-12-14-38-29-22(35)9-10-23(36)27(24)29)19-11-13-37-26(17-19)41(31(43)46-33(2,3)4)32(44)47-34(5,6)7/h9-17H,1-8H3. The van der Waals surface area contributed by atoms with E-state index < -0.39 is 35.2 Å². The Hall–Kier alpha value is -5.10. The zero-order valence-corrected chi connectivity index (χ0v) is 27.9. The van der Waals surface area contributed by atoms with Gasteiger partial charge in [-0.15, -0.1) is 0 Å². The third kappa shape index (κ3) is 6.73. The number of aromatic nitrogens is 4. The lowest BCUT2D eigenvalue weighted by molar-refractivity contribution is 0.0428. The highest BCUT2D eigenvalue weighted by molar-refractivity contribution is 6.35. The number of imide groups is 1. The average Bonchev–Trinajstić information content (AvgIpc) is 3.31. The number of hydrogen-bond acceptors (Lipinski definition) is 9. The summed E-state index contributed by atoms with van der Waals surface area (Å²) in [5, 5.41) is 0.439. The first kappa shape index (κ1) is 33.3. The lowest BCUT2D eigenvalue weighted by Crippen LogP contribution is -2.44. The van der Waals surface area contributed by atoms with Gasteiger partial charge in [-0.1, -0.05) is 11.6 Å². The van der Waals surface area contributed by atoms with Crippen molar-refractivity contribution in [2.45, 2.75) is 59.7 Å². The zero-order chi connectivity index (χ0) is 34.4. The summed E-state index contributed by atoms with van der Waals surface area (Å²) in [6.07, 6.45) is 0.948. The van der Waals surface area contributed by atoms with Crippen molar-refractivity contribution in [1.29, 1.82) is 0 Å². The third-order valence-corrected chi connectivity index (χ3v) is 7.11. The third-order valence-electron chi connectivity index (χ3n) is 6.80. The van der Waals surface area contributed by atoms with Gasteiger partial charge in [0.2, 0.25) is 0 Å². The number of nitrogens with zero attached hydrogens (tertiary/aromatic N) is 5. The molecule has 0 saturated carbocycles. The van der Waals surface area contributed by atoms with Crippen LogP contribution in [0.4, 0.5) is 19.8 Å². The summed E-state index contributed by atoms with van der Waals surface area (Å²) in [6, 6.07) is 10.8. The molecule has 0 spiro atoms. The Labute approximate surface area is 275 Å². The second-order valence-corrected chi connectivity index (χ2v) is 13.1. The van der Waals surface area contributed by atoms with E-state index in [1.807, 2.05) is 0 Å². The van der Waals surface area contributed by atoms with Crippen molar-refractivity contribution in [2.75, 3.05) is 12.0 Å². The number of anilines is 1. The minimum atomic E-state index is -0.985. The van der Waals surface area contributed by atoms with Gasteiger partial charge in [0.25, 0.3) is 0 Å². The van der Waals surface area contributed by atoms with Gasteiger partial charge < -0.3 is 14.2 Å². The normalized spacial score (nSPS) is 11.9. The lowest BCUT2D eigenvalue weighted by Gasteiger charge is -2.28. The maximum Gasteiger partial charge on any atom is 0.425 e. The molecule has 13 heteroatoms. The van der Waals surface area contributed by atoms with Gasteiger partial charge >= 0.3 is 18.2 Å². The van der Waals surface area contributed by atoms with Crippen LogP contribution in [0.2, 0.25) is 5.02 Å². The number of carbonyl (C=O) groups is 3. The van der Waals surface area contributed by atoms with E-state index in [0.717, 1.165) is 0 Å². The molecule has 0 atom stereocenters. The maximum absolute atomic E-state index is 15.3. The van der Waals surface area contributed by atoms with Crippen LogP contribution in [-0.4, -0.2) is 56.0 Å². The van der Waals surface area contributed by atoms with Crippen LogP contribution >= 0.6 is 11.6 Å². The monoisotopic (exact) mass is 661 g/mol. The number of methoxy groups -OCH3 is 1. The summed E-state index contributed by atoms with van der Waals surface area (Å²) in [6.45, 7) is 11.7. The second-order valence-electron chi connectivity index (χ2n) is 12.7. The molecular weight excluding hydrogens is 629 g/mol. The predicted molar refractivity (Wildman–Crippen MR) is 176 cm³/mol. The molecule has 0 aliphatic rings. The minimum absolute atomic E-state index is 0.0766. The van der Waals surface area contributed by atoms with E-state index in [1.165, 1.54) is 37.7 Å². The van der Waals surface area contributed by atoms with Crippen molar-refractivity contribution in [2.24, 2.45) is 0 Å². The quantitative estimate of drug-likeness (QED) is 0.138. The van der Waals surface area contributed by atoms with Crippen molar-refractivity contribution in [1.82, 2.24) is 19.5 Å². The topological polar surface area (TPSA) is 126 Å². The molecule has 2 aromatic carbocycles. The Balaban J connectivity index is 1.74. The number of benzene rings is 2. The largest absolute Gasteiger partial charge is 0.465 e. The fourth-order valence-corrected chi connectivity index (χ4v) is 5.20. The number of carbonyl (C=O) groups excluding carboxylic acids is 3. The van der Waals surface area contributed by atoms with Crippen LogP contribution in [0.1, 0.15) is 57.7 Å². The summed E-state index contributed by atoms with van der Waals surface area (Å²) in [4.78, 5) is 53.6. The van der Waals surface area contributed by atoms with Gasteiger partial charge in [0.1, 0.15) is 34.2 Å². The van der Waals surface area contributed by atoms with Crippen molar-refractivity contribution in [3.05, 3.63) is 77.1 Å². The van der Waals surface area contributed by atoms with Crippen LogP contribution in [0.15, 0.2) is 54.9 Å². The molecule has 5 aromatic rings. The summed E-state index contributed by atoms with van der Waals surface area (Å²) in [5.41, 5.74) is 0.654. The molecule has 0 radical (unpaired) electrons. The van der Waals surface area contributed by atoms with Gasteiger partial charge in [0, 0.05) is 12.4 Å². The average molecular weight is 662 g/mol. The van der Waals surface area contributed by atoms with E-state index in [4.69, 9.17) is 25.8 Å². The van der Waals surface area contributed by atoms with E-state index in [2.05, 4.69) is 15.0 Å². The predicted octanol–water partition coefficient (Wildman–Crippen LogP) is 8.20. The second kappa shape index (κ2) is 12.3. The van der Waals surface area contributed by atoms with E-state index in [0.29, 0.717) is 38.6 Å². The zero-order valence-electron chi connectivity index (χ0n) is 27.1. The number of hydrogen-bond donors (Lipinski definition) is 0. The number of halogens is 2. The molecule has 244 valence electrons. The smallest absolute Gasteiger partial charge is 0.425 e. The molecule has 47 heavy (non-hydrogen) atoms. The number of rotatable bonds is 4. The molecule has 0 saturated heterocycles. The van der Waals surface area contributed by atoms with Gasteiger partial charge in [-0.2, -0.15) is 4.90 Å². The molecule has 0 fully saturated rings. The molecule has 3 aromatic heterocycles. The fraction of sp³-hybridized carbons (Fsp3) is 0.294. The fourth-order valence-electron chi connectivity index (χ4n) is 4.99. The molecule has 3 heterocycles. The molecule has 0 aliphatic carbocycles. The summed E-state index contributed by atoms with van der Waals surface area (Å²) >= 11 is 6.38. The number of fused-ring (bicyclic) bond motifs is 2. The molecule has 0 bridgehead atoms. The van der Waals surface area contributed by atoms with E-state index in [9.17, 15) is 14.4 Å². The van der Waals surface area contributed by atoms with E-state index >= 15 is 4.39 Å². The highest BCUT2D eigenvalue weighted by Gasteiger charge is 2.34. The summed E-state index contributed by atoms with van der Waals surface area (Å²) in [5.74, 6) is -0.826. The Morgan fingerprint density at radius 2 is 1.49 bits per heavy atom. The van der Waals surface area contributed by atoms with E-state index in [1.54, 1.807) is 77.3 Å². The van der Waals surface area contributed by atoms with Gasteiger partial charge in [-0.3, -0.25) is 9.55 Å². The summed E-state index contributed by atoms with van der Waals surface area (Å²) < 4.78 is 33.1. The van der Waals surface area contributed by atoms with Gasteiger partial charge in [0.15, 0.2) is 0 Å². The Morgan fingerprint density at radius 3 is 2.11 bits per heavy atom. The molecular formula is C34H33ClFN5O6. The van der Waals surface area contributed by atoms with Crippen molar-refractivity contribution >= 4 is 57.5 Å². The Kier molecular flexibility index (Phi) is 8.67. The first-order chi connectivity index (χ1) is 22.0. The Morgan fingerprint density at radius 1 is 0.851 bits per heavy atom. The van der Waals surface area contributed by atoms with Crippen molar-refractivity contribution in [3.63, 3.8) is 0 Å². The van der Waals surface area contributed by atoms with Crippen LogP contribution in [0.3, 0.4) is 0 Å². The number of pyridine rings is 2. The number of amides is 2. The van der Waals surface area contributed by atoms with Crippen molar-refractivity contribution in [3.8, 4) is 16.8 Å². The van der Waals surface area contributed by atoms with Crippen LogP contribution < -0.4 is 4.90 Å². The van der Waals surface area contributed by atoms with Crippen LogP contribution in [0.25, 0.3) is 38.8 Å². The highest BCUT2D eigenvalue weighted by atomic mass is 35.5. The van der Waals surface area contributed by atoms with Crippen molar-refractivity contribution < 1.29 is 33.0 Å². The van der Waals surface area contributed by atoms with Gasteiger partial charge in [-0.05, 0) is 102 Å². The lowest BCUT2D eigenvalue weighted by atomic mass is 10.0. The van der Waals surface area contributed by atoms with Crippen LogP contribution in [0, 0.1) is 12.7 Å². The van der Waals surface area contributed by atoms with Crippen LogP contribution in [0.5, 0.6) is 0 Å². The number of imidazole rings is 1. The maximum atomic E-state index is 15.3. The van der Waals surface area contributed by atoms with Gasteiger partial charge in [-0.25, -0.2) is 28.7 Å². The molecule has 0 unspecified atom stereocenters. The van der Waals surface area contributed by atoms with Crippen LogP contribution in [-0.2, 0) is 14.2 Å². The molecule has 5 rings (SSSR count). The van der Waals surface area contributed by atoms with Gasteiger partial charge in [0.05, 0.1) is 39.8 Å². The SMILES string of the molecule is COC(=O)c1cc(-c2ccnc(N(C(=O)OC(C)(C)C)C(=O)OC(C)(C)C)c2)cc2c1nc(C)n2-c1ccnc2c(Cl)ccc(F)c12. The number of aryl methyl sites for hydroxylation is 1. The summed E-state index contributed by atoms with van der Waals surface area (Å²) in [7, 11) is 1.25. The molecule has 0 aliphatic heterocycles. The first-order valence-corrected chi connectivity index (χ1v) is 14.9. The molecule has 2 amide bonds.